The number of aliphatic carboxylic acids is 1. The number of hydrogen-bond donors (Lipinski definition) is 1. The van der Waals surface area contributed by atoms with Crippen molar-refractivity contribution in [1.29, 1.82) is 0 Å². The molecule has 0 fully saturated rings. The Labute approximate surface area is 96.4 Å². The second-order valence-corrected chi connectivity index (χ2v) is 4.28. The summed E-state index contributed by atoms with van der Waals surface area (Å²) in [4.78, 5) is 23.9. The Morgan fingerprint density at radius 3 is 1.88 bits per heavy atom. The van der Waals surface area contributed by atoms with Crippen molar-refractivity contribution in [2.24, 2.45) is 0 Å². The van der Waals surface area contributed by atoms with Gasteiger partial charge in [-0.25, -0.2) is 4.79 Å². The predicted molar refractivity (Wildman–Crippen MR) is 60.2 cm³/mol. The zero-order valence-electron chi connectivity index (χ0n) is 10.6. The molecule has 1 atom stereocenters. The molecule has 0 spiro atoms. The van der Waals surface area contributed by atoms with Gasteiger partial charge in [0.2, 0.25) is 5.91 Å². The van der Waals surface area contributed by atoms with Gasteiger partial charge in [-0.3, -0.25) is 4.79 Å². The third kappa shape index (κ3) is 4.61. The molecule has 0 radical (unpaired) electrons. The van der Waals surface area contributed by atoms with Crippen LogP contribution in [0, 0.1) is 0 Å². The number of carboxylic acids is 1. The van der Waals surface area contributed by atoms with Gasteiger partial charge in [-0.15, -0.1) is 0 Å². The van der Waals surface area contributed by atoms with E-state index in [0.717, 1.165) is 0 Å². The van der Waals surface area contributed by atoms with Gasteiger partial charge in [0.15, 0.2) is 6.10 Å². The van der Waals surface area contributed by atoms with Gasteiger partial charge in [0, 0.05) is 12.1 Å². The van der Waals surface area contributed by atoms with E-state index in [-0.39, 0.29) is 24.6 Å². The fourth-order valence-electron chi connectivity index (χ4n) is 1.51. The third-order valence-corrected chi connectivity index (χ3v) is 2.21. The van der Waals surface area contributed by atoms with Crippen molar-refractivity contribution in [3.63, 3.8) is 0 Å². The number of amides is 1. The van der Waals surface area contributed by atoms with Crippen molar-refractivity contribution >= 4 is 11.9 Å². The summed E-state index contributed by atoms with van der Waals surface area (Å²) in [5.74, 6) is -1.24. The van der Waals surface area contributed by atoms with Gasteiger partial charge < -0.3 is 14.7 Å². The first-order valence-corrected chi connectivity index (χ1v) is 5.43. The molecule has 0 aliphatic rings. The molecule has 0 aromatic heterocycles. The van der Waals surface area contributed by atoms with Crippen molar-refractivity contribution < 1.29 is 19.4 Å². The topological polar surface area (TPSA) is 66.8 Å². The van der Waals surface area contributed by atoms with Gasteiger partial charge in [-0.05, 0) is 34.6 Å². The lowest BCUT2D eigenvalue weighted by molar-refractivity contribution is -0.153. The van der Waals surface area contributed by atoms with Gasteiger partial charge in [-0.1, -0.05) is 0 Å². The van der Waals surface area contributed by atoms with E-state index in [9.17, 15) is 9.59 Å². The van der Waals surface area contributed by atoms with Crippen LogP contribution in [-0.2, 0) is 14.3 Å². The van der Waals surface area contributed by atoms with Crippen LogP contribution in [0.2, 0.25) is 0 Å². The third-order valence-electron chi connectivity index (χ3n) is 2.21. The SMILES string of the molecule is CC(C)N(C(=O)CO[C@@H](C)C(=O)O)C(C)C. The maximum Gasteiger partial charge on any atom is 0.332 e. The molecule has 5 nitrogen and oxygen atoms in total. The summed E-state index contributed by atoms with van der Waals surface area (Å²) in [5.41, 5.74) is 0. The Morgan fingerprint density at radius 1 is 1.12 bits per heavy atom. The number of nitrogens with zero attached hydrogens (tertiary/aromatic N) is 1. The summed E-state index contributed by atoms with van der Waals surface area (Å²) in [5, 5.41) is 8.60. The van der Waals surface area contributed by atoms with Crippen molar-refractivity contribution in [1.82, 2.24) is 4.90 Å². The van der Waals surface area contributed by atoms with Gasteiger partial charge in [0.05, 0.1) is 0 Å². The Hall–Kier alpha value is -1.10. The van der Waals surface area contributed by atoms with Crippen molar-refractivity contribution in [2.75, 3.05) is 6.61 Å². The molecule has 0 saturated carbocycles. The molecule has 1 N–H and O–H groups in total. The molecule has 0 saturated heterocycles. The summed E-state index contributed by atoms with van der Waals surface area (Å²) < 4.78 is 4.96. The van der Waals surface area contributed by atoms with Gasteiger partial charge in [-0.2, -0.15) is 0 Å². The first kappa shape index (κ1) is 14.9. The molecule has 0 aliphatic heterocycles. The monoisotopic (exact) mass is 231 g/mol. The minimum Gasteiger partial charge on any atom is -0.479 e. The molecule has 0 aliphatic carbocycles. The highest BCUT2D eigenvalue weighted by molar-refractivity contribution is 5.79. The Balaban J connectivity index is 4.27. The van der Waals surface area contributed by atoms with E-state index in [0.29, 0.717) is 0 Å². The summed E-state index contributed by atoms with van der Waals surface area (Å²) in [7, 11) is 0. The van der Waals surface area contributed by atoms with E-state index in [1.807, 2.05) is 27.7 Å². The lowest BCUT2D eigenvalue weighted by Crippen LogP contribution is -2.44. The highest BCUT2D eigenvalue weighted by atomic mass is 16.5. The van der Waals surface area contributed by atoms with Crippen LogP contribution in [0.25, 0.3) is 0 Å². The van der Waals surface area contributed by atoms with Crippen LogP contribution in [0.15, 0.2) is 0 Å². The number of carboxylic acid groups (broad SMARTS) is 1. The summed E-state index contributed by atoms with van der Waals surface area (Å²) in [6.45, 7) is 8.88. The smallest absolute Gasteiger partial charge is 0.332 e. The molecule has 0 aromatic rings. The normalized spacial score (nSPS) is 12.9. The lowest BCUT2D eigenvalue weighted by atomic mass is 10.2. The molecular formula is C11H21NO4. The Morgan fingerprint density at radius 2 is 1.56 bits per heavy atom. The standard InChI is InChI=1S/C11H21NO4/c1-7(2)12(8(3)4)10(13)6-16-9(5)11(14)15/h7-9H,6H2,1-5H3,(H,14,15)/t9-/m0/s1. The fourth-order valence-corrected chi connectivity index (χ4v) is 1.51. The summed E-state index contributed by atoms with van der Waals surface area (Å²) in [6.07, 6.45) is -0.954. The number of carbonyl (C=O) groups is 2. The van der Waals surface area contributed by atoms with Crippen LogP contribution in [0.1, 0.15) is 34.6 Å². The van der Waals surface area contributed by atoms with Crippen molar-refractivity contribution in [2.45, 2.75) is 52.8 Å². The maximum atomic E-state index is 11.8. The number of ether oxygens (including phenoxy) is 1. The molecule has 0 bridgehead atoms. The van der Waals surface area contributed by atoms with Gasteiger partial charge >= 0.3 is 5.97 Å². The first-order valence-electron chi connectivity index (χ1n) is 5.43. The minimum atomic E-state index is -1.06. The van der Waals surface area contributed by atoms with Gasteiger partial charge in [0.25, 0.3) is 0 Å². The Kier molecular flexibility index (Phi) is 6.03. The second-order valence-electron chi connectivity index (χ2n) is 4.28. The summed E-state index contributed by atoms with van der Waals surface area (Å²) in [6, 6.07) is 0.160. The molecule has 5 heteroatoms. The number of rotatable bonds is 6. The Bertz CT molecular complexity index is 242. The minimum absolute atomic E-state index is 0.0798. The average molecular weight is 231 g/mol. The molecule has 16 heavy (non-hydrogen) atoms. The van der Waals surface area contributed by atoms with Crippen LogP contribution in [0.4, 0.5) is 0 Å². The highest BCUT2D eigenvalue weighted by Crippen LogP contribution is 2.06. The molecule has 0 rings (SSSR count). The molecule has 0 aromatic carbocycles. The van der Waals surface area contributed by atoms with E-state index < -0.39 is 12.1 Å². The molecule has 0 unspecified atom stereocenters. The first-order chi connectivity index (χ1) is 7.27. The van der Waals surface area contributed by atoms with Crippen molar-refractivity contribution in [3.05, 3.63) is 0 Å². The van der Waals surface area contributed by atoms with Gasteiger partial charge in [0.1, 0.15) is 6.61 Å². The lowest BCUT2D eigenvalue weighted by Gasteiger charge is -2.30. The van der Waals surface area contributed by atoms with Crippen LogP contribution < -0.4 is 0 Å². The predicted octanol–water partition coefficient (Wildman–Crippen LogP) is 1.12. The maximum absolute atomic E-state index is 11.8. The zero-order chi connectivity index (χ0) is 12.9. The highest BCUT2D eigenvalue weighted by Gasteiger charge is 2.21. The summed E-state index contributed by atoms with van der Waals surface area (Å²) >= 11 is 0. The molecular weight excluding hydrogens is 210 g/mol. The van der Waals surface area contributed by atoms with E-state index in [2.05, 4.69) is 0 Å². The fraction of sp³-hybridized carbons (Fsp3) is 0.818. The van der Waals surface area contributed by atoms with Crippen LogP contribution in [0.5, 0.6) is 0 Å². The van der Waals surface area contributed by atoms with E-state index >= 15 is 0 Å². The van der Waals surface area contributed by atoms with E-state index in [1.54, 1.807) is 4.90 Å². The second kappa shape index (κ2) is 6.48. The average Bonchev–Trinajstić information content (AvgIpc) is 2.12. The largest absolute Gasteiger partial charge is 0.479 e. The quantitative estimate of drug-likeness (QED) is 0.744. The van der Waals surface area contributed by atoms with E-state index in [1.165, 1.54) is 6.92 Å². The molecule has 94 valence electrons. The van der Waals surface area contributed by atoms with Crippen LogP contribution >= 0.6 is 0 Å². The van der Waals surface area contributed by atoms with E-state index in [4.69, 9.17) is 9.84 Å². The molecule has 0 heterocycles. The van der Waals surface area contributed by atoms with Crippen LogP contribution in [0.3, 0.4) is 0 Å². The molecule has 1 amide bonds. The van der Waals surface area contributed by atoms with Crippen LogP contribution in [-0.4, -0.2) is 46.7 Å². The number of hydrogen-bond acceptors (Lipinski definition) is 3. The zero-order valence-corrected chi connectivity index (χ0v) is 10.6. The number of carbonyl (C=O) groups excluding carboxylic acids is 1. The van der Waals surface area contributed by atoms with Crippen molar-refractivity contribution in [3.8, 4) is 0 Å².